The third-order valence-electron chi connectivity index (χ3n) is 2.32. The lowest BCUT2D eigenvalue weighted by Gasteiger charge is -2.47. The second-order valence-electron chi connectivity index (χ2n) is 3.83. The molecular formula is C8H20Cl2N3-. The summed E-state index contributed by atoms with van der Waals surface area (Å²) in [6.45, 7) is 11.2. The second kappa shape index (κ2) is 6.04. The van der Waals surface area contributed by atoms with Gasteiger partial charge in [0, 0.05) is 0 Å². The Labute approximate surface area is 93.6 Å². The quantitative estimate of drug-likeness (QED) is 0.477. The molecule has 0 spiro atoms. The van der Waals surface area contributed by atoms with Crippen molar-refractivity contribution in [2.45, 2.75) is 52.9 Å². The maximum Gasteiger partial charge on any atom is 0.158 e. The molecule has 1 saturated heterocycles. The van der Waals surface area contributed by atoms with Crippen molar-refractivity contribution in [3.05, 3.63) is 0 Å². The Kier molecular flexibility index (Phi) is 7.39. The first-order valence-electron chi connectivity index (χ1n) is 4.44. The maximum atomic E-state index is 2.38. The fraction of sp³-hybridized carbons (Fsp3) is 1.00. The Morgan fingerprint density at radius 1 is 0.923 bits per heavy atom. The van der Waals surface area contributed by atoms with E-state index in [1.165, 1.54) is 0 Å². The molecular weight excluding hydrogens is 209 g/mol. The molecule has 0 radical (unpaired) electrons. The van der Waals surface area contributed by atoms with Crippen molar-refractivity contribution >= 4 is 0 Å². The van der Waals surface area contributed by atoms with Gasteiger partial charge in [-0.3, -0.25) is 0 Å². The number of hydrogen-bond donors (Lipinski definition) is 1. The summed E-state index contributed by atoms with van der Waals surface area (Å²) < 4.78 is 0. The minimum absolute atomic E-state index is 0. The average Bonchev–Trinajstić information content (AvgIpc) is 1.82. The van der Waals surface area contributed by atoms with Gasteiger partial charge in [-0.15, -0.1) is 10.0 Å². The lowest BCUT2D eigenvalue weighted by Crippen LogP contribution is -3.16. The van der Waals surface area contributed by atoms with Crippen LogP contribution in [0.2, 0.25) is 0 Å². The molecule has 3 nitrogen and oxygen atoms in total. The van der Waals surface area contributed by atoms with Crippen molar-refractivity contribution in [2.75, 3.05) is 0 Å². The predicted octanol–water partition coefficient (Wildman–Crippen LogP) is -5.83. The highest BCUT2D eigenvalue weighted by Gasteiger charge is 2.41. The summed E-state index contributed by atoms with van der Waals surface area (Å²) in [4.78, 5) is 0. The van der Waals surface area contributed by atoms with Gasteiger partial charge in [0.25, 0.3) is 0 Å². The van der Waals surface area contributed by atoms with Crippen molar-refractivity contribution in [2.24, 2.45) is 0 Å². The van der Waals surface area contributed by atoms with Crippen LogP contribution in [0, 0.1) is 0 Å². The molecule has 0 aromatic heterocycles. The number of rotatable bonds is 2. The topological polar surface area (TPSA) is 23.1 Å². The van der Waals surface area contributed by atoms with Crippen LogP contribution in [0.4, 0.5) is 0 Å². The molecule has 1 heterocycles. The zero-order valence-electron chi connectivity index (χ0n) is 8.96. The van der Waals surface area contributed by atoms with Crippen LogP contribution in [0.1, 0.15) is 34.6 Å². The molecule has 1 fully saturated rings. The number of hydrogen-bond acceptors (Lipinski definition) is 2. The van der Waals surface area contributed by atoms with Gasteiger partial charge in [-0.1, -0.05) is 0 Å². The molecule has 5 heteroatoms. The second-order valence-corrected chi connectivity index (χ2v) is 3.83. The summed E-state index contributed by atoms with van der Waals surface area (Å²) in [6, 6.07) is 1.28. The molecule has 0 bridgehead atoms. The highest BCUT2D eigenvalue weighted by Crippen LogP contribution is 2.10. The van der Waals surface area contributed by atoms with E-state index in [0.717, 1.165) is 0 Å². The first-order chi connectivity index (χ1) is 5.04. The van der Waals surface area contributed by atoms with Crippen LogP contribution in [0.5, 0.6) is 0 Å². The number of nitrogens with two attached hydrogens (primary N) is 1. The van der Waals surface area contributed by atoms with Crippen LogP contribution in [0.3, 0.4) is 0 Å². The molecule has 0 aromatic carbocycles. The normalized spacial score (nSPS) is 19.6. The highest BCUT2D eigenvalue weighted by atomic mass is 35.5. The van der Waals surface area contributed by atoms with E-state index >= 15 is 0 Å². The number of quaternary nitrogens is 1. The third kappa shape index (κ3) is 3.26. The zero-order valence-corrected chi connectivity index (χ0v) is 10.5. The van der Waals surface area contributed by atoms with Gasteiger partial charge in [0.2, 0.25) is 0 Å². The molecule has 82 valence electrons. The Bertz CT molecular complexity index is 127. The SMILES string of the molecule is CC(C)N1[NH2+]N(C(C)C)C1C.[Cl-].[Cl-]. The van der Waals surface area contributed by atoms with Gasteiger partial charge >= 0.3 is 0 Å². The largest absolute Gasteiger partial charge is 1.00 e. The zero-order chi connectivity index (χ0) is 8.59. The molecule has 0 amide bonds. The molecule has 1 aliphatic heterocycles. The number of halogens is 2. The van der Waals surface area contributed by atoms with E-state index in [9.17, 15) is 0 Å². The van der Waals surface area contributed by atoms with E-state index in [0.29, 0.717) is 18.2 Å². The minimum atomic E-state index is 0. The van der Waals surface area contributed by atoms with Gasteiger partial charge in [-0.05, 0) is 34.6 Å². The van der Waals surface area contributed by atoms with Gasteiger partial charge in [0.15, 0.2) is 6.17 Å². The fourth-order valence-electron chi connectivity index (χ4n) is 1.56. The number of nitrogens with zero attached hydrogens (tertiary/aromatic N) is 2. The Balaban J connectivity index is 0. The fourth-order valence-corrected chi connectivity index (χ4v) is 1.56. The third-order valence-corrected chi connectivity index (χ3v) is 2.32. The van der Waals surface area contributed by atoms with Crippen molar-refractivity contribution in [3.63, 3.8) is 0 Å². The first-order valence-corrected chi connectivity index (χ1v) is 4.44. The van der Waals surface area contributed by atoms with Crippen LogP contribution in [-0.4, -0.2) is 28.3 Å². The molecule has 0 atom stereocenters. The van der Waals surface area contributed by atoms with E-state index < -0.39 is 0 Å². The summed E-state index contributed by atoms with van der Waals surface area (Å²) in [7, 11) is 0. The monoisotopic (exact) mass is 228 g/mol. The van der Waals surface area contributed by atoms with Crippen molar-refractivity contribution in [1.82, 2.24) is 10.0 Å². The predicted molar refractivity (Wildman–Crippen MR) is 45.3 cm³/mol. The summed E-state index contributed by atoms with van der Waals surface area (Å²) in [5.41, 5.74) is 2.22. The van der Waals surface area contributed by atoms with Crippen LogP contribution in [0.25, 0.3) is 0 Å². The molecule has 2 N–H and O–H groups in total. The maximum absolute atomic E-state index is 2.38. The molecule has 13 heavy (non-hydrogen) atoms. The van der Waals surface area contributed by atoms with Crippen molar-refractivity contribution < 1.29 is 30.3 Å². The molecule has 1 rings (SSSR count). The Hall–Kier alpha value is 0.460. The standard InChI is InChI=1S/C8H19N3.2ClH/c1-6(2)10-8(5)11(9-10)7(3)4;;/h6-9H,1-5H3;2*1H/p-1. The van der Waals surface area contributed by atoms with E-state index in [4.69, 9.17) is 0 Å². The van der Waals surface area contributed by atoms with E-state index in [1.54, 1.807) is 0 Å². The lowest BCUT2D eigenvalue weighted by atomic mass is 10.2. The van der Waals surface area contributed by atoms with Crippen LogP contribution < -0.4 is 30.3 Å². The molecule has 0 aliphatic carbocycles. The van der Waals surface area contributed by atoms with E-state index in [2.05, 4.69) is 50.2 Å². The smallest absolute Gasteiger partial charge is 0.158 e. The molecule has 1 aliphatic rings. The highest BCUT2D eigenvalue weighted by molar-refractivity contribution is 4.66. The van der Waals surface area contributed by atoms with E-state index in [-0.39, 0.29) is 24.8 Å². The van der Waals surface area contributed by atoms with Crippen LogP contribution in [-0.2, 0) is 0 Å². The molecule has 0 saturated carbocycles. The van der Waals surface area contributed by atoms with Crippen molar-refractivity contribution in [3.8, 4) is 0 Å². The molecule has 0 aromatic rings. The minimum Gasteiger partial charge on any atom is -1.00 e. The van der Waals surface area contributed by atoms with Gasteiger partial charge in [-0.25, -0.2) is 0 Å². The van der Waals surface area contributed by atoms with Gasteiger partial charge in [0.05, 0.1) is 12.1 Å². The summed E-state index contributed by atoms with van der Waals surface area (Å²) >= 11 is 0. The Morgan fingerprint density at radius 2 is 1.23 bits per heavy atom. The summed E-state index contributed by atoms with van der Waals surface area (Å²) in [6.07, 6.45) is 0.593. The Morgan fingerprint density at radius 3 is 1.38 bits per heavy atom. The first kappa shape index (κ1) is 15.9. The lowest BCUT2D eigenvalue weighted by molar-refractivity contribution is -1.02. The van der Waals surface area contributed by atoms with E-state index in [1.807, 2.05) is 0 Å². The van der Waals surface area contributed by atoms with Crippen LogP contribution >= 0.6 is 0 Å². The van der Waals surface area contributed by atoms with Gasteiger partial charge in [-0.2, -0.15) is 5.53 Å². The molecule has 0 unspecified atom stereocenters. The van der Waals surface area contributed by atoms with Gasteiger partial charge in [0.1, 0.15) is 0 Å². The summed E-state index contributed by atoms with van der Waals surface area (Å²) in [5, 5.41) is 4.75. The van der Waals surface area contributed by atoms with Crippen LogP contribution in [0.15, 0.2) is 0 Å². The average molecular weight is 229 g/mol. The van der Waals surface area contributed by atoms with Crippen molar-refractivity contribution in [1.29, 1.82) is 0 Å². The van der Waals surface area contributed by atoms with Gasteiger partial charge < -0.3 is 24.8 Å². The summed E-state index contributed by atoms with van der Waals surface area (Å²) in [5.74, 6) is 0.